The lowest BCUT2D eigenvalue weighted by Gasteiger charge is -2.02. The summed E-state index contributed by atoms with van der Waals surface area (Å²) in [5, 5.41) is 7.65. The zero-order valence-electron chi connectivity index (χ0n) is 8.85. The van der Waals surface area contributed by atoms with Crippen molar-refractivity contribution in [2.45, 2.75) is 13.1 Å². The second-order valence-electron chi connectivity index (χ2n) is 3.57. The molecule has 0 atom stereocenters. The number of nitrogens with zero attached hydrogens (tertiary/aromatic N) is 2. The zero-order valence-corrected chi connectivity index (χ0v) is 8.85. The van der Waals surface area contributed by atoms with E-state index in [4.69, 9.17) is 0 Å². The molecule has 0 aliphatic rings. The maximum atomic E-state index is 4.30. The zero-order chi connectivity index (χ0) is 10.5. The molecule has 0 aliphatic heterocycles. The SMILES string of the molecule is Cn1ccc(CNCc2ccccc2)n1. The van der Waals surface area contributed by atoms with Crippen molar-refractivity contribution >= 4 is 0 Å². The molecule has 78 valence electrons. The molecule has 2 rings (SSSR count). The van der Waals surface area contributed by atoms with Gasteiger partial charge in [-0.05, 0) is 11.6 Å². The largest absolute Gasteiger partial charge is 0.307 e. The normalized spacial score (nSPS) is 10.5. The Hall–Kier alpha value is -1.61. The first-order chi connectivity index (χ1) is 7.34. The molecule has 1 N–H and O–H groups in total. The molecule has 0 radical (unpaired) electrons. The standard InChI is InChI=1S/C12H15N3/c1-15-8-7-12(14-15)10-13-9-11-5-3-2-4-6-11/h2-8,13H,9-10H2,1H3. The van der Waals surface area contributed by atoms with Gasteiger partial charge in [-0.3, -0.25) is 4.68 Å². The molecule has 3 heteroatoms. The minimum atomic E-state index is 0.815. The highest BCUT2D eigenvalue weighted by Crippen LogP contribution is 1.98. The molecule has 2 aromatic rings. The molecule has 0 bridgehead atoms. The third-order valence-electron chi connectivity index (χ3n) is 2.25. The van der Waals surface area contributed by atoms with Crippen LogP contribution in [0.2, 0.25) is 0 Å². The van der Waals surface area contributed by atoms with E-state index < -0.39 is 0 Å². The number of nitrogens with one attached hydrogen (secondary N) is 1. The number of hydrogen-bond donors (Lipinski definition) is 1. The average Bonchev–Trinajstić information content (AvgIpc) is 2.66. The third-order valence-corrected chi connectivity index (χ3v) is 2.25. The van der Waals surface area contributed by atoms with Crippen molar-refractivity contribution in [3.63, 3.8) is 0 Å². The van der Waals surface area contributed by atoms with Gasteiger partial charge in [0.15, 0.2) is 0 Å². The van der Waals surface area contributed by atoms with E-state index in [1.165, 1.54) is 5.56 Å². The highest BCUT2D eigenvalue weighted by atomic mass is 15.3. The van der Waals surface area contributed by atoms with Gasteiger partial charge in [0.05, 0.1) is 5.69 Å². The van der Waals surface area contributed by atoms with Crippen molar-refractivity contribution in [1.29, 1.82) is 0 Å². The van der Waals surface area contributed by atoms with E-state index in [0.29, 0.717) is 0 Å². The van der Waals surface area contributed by atoms with Crippen LogP contribution in [-0.4, -0.2) is 9.78 Å². The number of benzene rings is 1. The molecule has 0 aliphatic carbocycles. The summed E-state index contributed by atoms with van der Waals surface area (Å²) in [4.78, 5) is 0. The van der Waals surface area contributed by atoms with E-state index >= 15 is 0 Å². The van der Waals surface area contributed by atoms with E-state index in [-0.39, 0.29) is 0 Å². The van der Waals surface area contributed by atoms with Crippen LogP contribution >= 0.6 is 0 Å². The third kappa shape index (κ3) is 2.92. The van der Waals surface area contributed by atoms with Gasteiger partial charge in [0.2, 0.25) is 0 Å². The van der Waals surface area contributed by atoms with Crippen LogP contribution in [0.25, 0.3) is 0 Å². The maximum Gasteiger partial charge on any atom is 0.0762 e. The Morgan fingerprint density at radius 1 is 1.13 bits per heavy atom. The van der Waals surface area contributed by atoms with E-state index in [2.05, 4.69) is 34.7 Å². The smallest absolute Gasteiger partial charge is 0.0762 e. The summed E-state index contributed by atoms with van der Waals surface area (Å²) in [6.45, 7) is 1.70. The molecular weight excluding hydrogens is 186 g/mol. The molecule has 0 spiro atoms. The van der Waals surface area contributed by atoms with Crippen LogP contribution in [0.5, 0.6) is 0 Å². The first-order valence-corrected chi connectivity index (χ1v) is 5.08. The van der Waals surface area contributed by atoms with Crippen LogP contribution in [0, 0.1) is 0 Å². The Labute approximate surface area is 89.7 Å². The summed E-state index contributed by atoms with van der Waals surface area (Å²) in [6.07, 6.45) is 1.96. The molecule has 0 amide bonds. The lowest BCUT2D eigenvalue weighted by Crippen LogP contribution is -2.13. The van der Waals surface area contributed by atoms with Crippen molar-refractivity contribution in [3.8, 4) is 0 Å². The molecule has 0 unspecified atom stereocenters. The summed E-state index contributed by atoms with van der Waals surface area (Å²) in [6, 6.07) is 12.4. The second-order valence-corrected chi connectivity index (χ2v) is 3.57. The topological polar surface area (TPSA) is 29.9 Å². The molecular formula is C12H15N3. The number of rotatable bonds is 4. The summed E-state index contributed by atoms with van der Waals surface area (Å²) in [7, 11) is 1.93. The second kappa shape index (κ2) is 4.75. The Morgan fingerprint density at radius 2 is 1.93 bits per heavy atom. The fourth-order valence-corrected chi connectivity index (χ4v) is 1.49. The van der Waals surface area contributed by atoms with Crippen LogP contribution in [-0.2, 0) is 20.1 Å². The van der Waals surface area contributed by atoms with Crippen molar-refractivity contribution < 1.29 is 0 Å². The van der Waals surface area contributed by atoms with Crippen molar-refractivity contribution in [3.05, 3.63) is 53.9 Å². The van der Waals surface area contributed by atoms with Gasteiger partial charge in [-0.15, -0.1) is 0 Å². The van der Waals surface area contributed by atoms with E-state index in [0.717, 1.165) is 18.8 Å². The van der Waals surface area contributed by atoms with E-state index in [9.17, 15) is 0 Å². The van der Waals surface area contributed by atoms with Crippen LogP contribution in [0.3, 0.4) is 0 Å². The van der Waals surface area contributed by atoms with Crippen LogP contribution in [0.4, 0.5) is 0 Å². The fraction of sp³-hybridized carbons (Fsp3) is 0.250. The molecule has 1 aromatic heterocycles. The summed E-state index contributed by atoms with van der Waals surface area (Å²) in [5.74, 6) is 0. The summed E-state index contributed by atoms with van der Waals surface area (Å²) >= 11 is 0. The van der Waals surface area contributed by atoms with Gasteiger partial charge in [-0.1, -0.05) is 30.3 Å². The lowest BCUT2D eigenvalue weighted by atomic mass is 10.2. The molecule has 3 nitrogen and oxygen atoms in total. The number of aryl methyl sites for hydroxylation is 1. The van der Waals surface area contributed by atoms with Crippen molar-refractivity contribution in [2.75, 3.05) is 0 Å². The van der Waals surface area contributed by atoms with Gasteiger partial charge in [0.25, 0.3) is 0 Å². The van der Waals surface area contributed by atoms with Gasteiger partial charge in [0, 0.05) is 26.3 Å². The van der Waals surface area contributed by atoms with Gasteiger partial charge >= 0.3 is 0 Å². The van der Waals surface area contributed by atoms with Crippen LogP contribution in [0.1, 0.15) is 11.3 Å². The monoisotopic (exact) mass is 201 g/mol. The van der Waals surface area contributed by atoms with Gasteiger partial charge in [0.1, 0.15) is 0 Å². The molecule has 15 heavy (non-hydrogen) atoms. The van der Waals surface area contributed by atoms with Crippen molar-refractivity contribution in [1.82, 2.24) is 15.1 Å². The summed E-state index contributed by atoms with van der Waals surface area (Å²) < 4.78 is 1.82. The van der Waals surface area contributed by atoms with Crippen LogP contribution < -0.4 is 5.32 Å². The Balaban J connectivity index is 1.80. The summed E-state index contributed by atoms with van der Waals surface area (Å²) in [5.41, 5.74) is 2.38. The van der Waals surface area contributed by atoms with E-state index in [1.54, 1.807) is 0 Å². The van der Waals surface area contributed by atoms with E-state index in [1.807, 2.05) is 30.1 Å². The molecule has 0 saturated carbocycles. The van der Waals surface area contributed by atoms with Crippen LogP contribution in [0.15, 0.2) is 42.6 Å². The number of aromatic nitrogens is 2. The fourth-order valence-electron chi connectivity index (χ4n) is 1.49. The maximum absolute atomic E-state index is 4.30. The van der Waals surface area contributed by atoms with Gasteiger partial charge < -0.3 is 5.32 Å². The first-order valence-electron chi connectivity index (χ1n) is 5.08. The van der Waals surface area contributed by atoms with Crippen molar-refractivity contribution in [2.24, 2.45) is 7.05 Å². The average molecular weight is 201 g/mol. The Kier molecular flexibility index (Phi) is 3.15. The highest BCUT2D eigenvalue weighted by molar-refractivity contribution is 5.14. The first kappa shape index (κ1) is 9.93. The molecule has 1 aromatic carbocycles. The minimum Gasteiger partial charge on any atom is -0.307 e. The molecule has 1 heterocycles. The van der Waals surface area contributed by atoms with Gasteiger partial charge in [-0.2, -0.15) is 5.10 Å². The predicted molar refractivity (Wildman–Crippen MR) is 60.2 cm³/mol. The minimum absolute atomic E-state index is 0.815. The quantitative estimate of drug-likeness (QED) is 0.816. The Morgan fingerprint density at radius 3 is 2.60 bits per heavy atom. The number of hydrogen-bond acceptors (Lipinski definition) is 2. The molecule has 0 fully saturated rings. The predicted octanol–water partition coefficient (Wildman–Crippen LogP) is 1.71. The van der Waals surface area contributed by atoms with Gasteiger partial charge in [-0.25, -0.2) is 0 Å². The Bertz CT molecular complexity index is 406. The lowest BCUT2D eigenvalue weighted by molar-refractivity contribution is 0.656. The molecule has 0 saturated heterocycles. The highest BCUT2D eigenvalue weighted by Gasteiger charge is 1.96.